The van der Waals surface area contributed by atoms with E-state index in [1.165, 1.54) is 0 Å². The van der Waals surface area contributed by atoms with Gasteiger partial charge in [-0.2, -0.15) is 0 Å². The molecule has 0 saturated carbocycles. The van der Waals surface area contributed by atoms with Gasteiger partial charge in [0.15, 0.2) is 0 Å². The third-order valence-electron chi connectivity index (χ3n) is 0.763. The molecular weight excluding hydrogens is 140 g/mol. The second kappa shape index (κ2) is 8.17. The van der Waals surface area contributed by atoms with E-state index in [4.69, 9.17) is 5.11 Å². The molecule has 0 bridgehead atoms. The van der Waals surface area contributed by atoms with Crippen LogP contribution in [0.15, 0.2) is 0 Å². The molecule has 0 saturated heterocycles. The topological polar surface area (TPSA) is 35.5 Å². The number of hydrogen-bond donors (Lipinski definition) is 2. The second-order valence-corrected chi connectivity index (χ2v) is 1.88. The Labute approximate surface area is 62.4 Å². The first-order valence-electron chi connectivity index (χ1n) is 2.79. The standard InChI is InChI=1S/C5H14N2O.ClH/c1-7(2)6-4-3-5-8;/h6,8H,3-5H2,1-2H3;1H. The number of nitrogens with one attached hydrogen (secondary N) is 1. The smallest absolute Gasteiger partial charge is 0.0443 e. The van der Waals surface area contributed by atoms with Gasteiger partial charge in [-0.25, -0.2) is 0 Å². The van der Waals surface area contributed by atoms with Crippen LogP contribution in [0.5, 0.6) is 0 Å². The summed E-state index contributed by atoms with van der Waals surface area (Å²) < 4.78 is 0. The molecule has 2 N–H and O–H groups in total. The lowest BCUT2D eigenvalue weighted by Crippen LogP contribution is -2.31. The van der Waals surface area contributed by atoms with E-state index in [1.54, 1.807) is 0 Å². The van der Waals surface area contributed by atoms with Crippen LogP contribution in [0, 0.1) is 0 Å². The average Bonchev–Trinajstić information content (AvgIpc) is 1.66. The molecular formula is C5H15ClN2O. The van der Waals surface area contributed by atoms with Gasteiger partial charge in [-0.1, -0.05) is 0 Å². The van der Waals surface area contributed by atoms with Crippen molar-refractivity contribution in [3.63, 3.8) is 0 Å². The van der Waals surface area contributed by atoms with Gasteiger partial charge >= 0.3 is 0 Å². The third kappa shape index (κ3) is 11.6. The SMILES string of the molecule is CN(C)NCCCO.Cl. The normalized spacial score (nSPS) is 9.33. The van der Waals surface area contributed by atoms with Gasteiger partial charge in [0.2, 0.25) is 0 Å². The van der Waals surface area contributed by atoms with Crippen LogP contribution < -0.4 is 5.43 Å². The highest BCUT2D eigenvalue weighted by molar-refractivity contribution is 5.85. The van der Waals surface area contributed by atoms with Crippen LogP contribution in [-0.2, 0) is 0 Å². The summed E-state index contributed by atoms with van der Waals surface area (Å²) in [5.74, 6) is 0. The van der Waals surface area contributed by atoms with Gasteiger partial charge in [0, 0.05) is 27.2 Å². The van der Waals surface area contributed by atoms with Gasteiger partial charge in [0.05, 0.1) is 0 Å². The Morgan fingerprint density at radius 2 is 2.00 bits per heavy atom. The minimum atomic E-state index is 0. The Morgan fingerprint density at radius 1 is 1.44 bits per heavy atom. The van der Waals surface area contributed by atoms with Crippen LogP contribution in [-0.4, -0.2) is 37.4 Å². The first kappa shape index (κ1) is 11.9. The molecule has 0 aromatic rings. The maximum absolute atomic E-state index is 8.32. The number of hydrazine groups is 1. The van der Waals surface area contributed by atoms with E-state index in [-0.39, 0.29) is 19.0 Å². The summed E-state index contributed by atoms with van der Waals surface area (Å²) in [6, 6.07) is 0. The van der Waals surface area contributed by atoms with Crippen molar-refractivity contribution in [1.82, 2.24) is 10.4 Å². The molecule has 0 fully saturated rings. The Bertz CT molecular complexity index is 52.2. The molecule has 0 unspecified atom stereocenters. The molecule has 0 spiro atoms. The molecule has 0 heterocycles. The van der Waals surface area contributed by atoms with Gasteiger partial charge in [0.25, 0.3) is 0 Å². The highest BCUT2D eigenvalue weighted by Gasteiger charge is 1.84. The van der Waals surface area contributed by atoms with Crippen molar-refractivity contribution in [1.29, 1.82) is 0 Å². The van der Waals surface area contributed by atoms with E-state index in [1.807, 2.05) is 19.1 Å². The fourth-order valence-electron chi connectivity index (χ4n) is 0.382. The Hall–Kier alpha value is 0.170. The molecule has 0 aromatic heterocycles. The molecule has 58 valence electrons. The first-order chi connectivity index (χ1) is 3.77. The highest BCUT2D eigenvalue weighted by Crippen LogP contribution is 1.71. The molecule has 4 heteroatoms. The van der Waals surface area contributed by atoms with Gasteiger partial charge in [0.1, 0.15) is 0 Å². The summed E-state index contributed by atoms with van der Waals surface area (Å²) >= 11 is 0. The Morgan fingerprint density at radius 3 is 2.33 bits per heavy atom. The van der Waals surface area contributed by atoms with Crippen LogP contribution in [0.3, 0.4) is 0 Å². The molecule has 0 aliphatic carbocycles. The van der Waals surface area contributed by atoms with Gasteiger partial charge < -0.3 is 5.11 Å². The highest BCUT2D eigenvalue weighted by atomic mass is 35.5. The Balaban J connectivity index is 0. The van der Waals surface area contributed by atoms with E-state index in [9.17, 15) is 0 Å². The van der Waals surface area contributed by atoms with Crippen molar-refractivity contribution in [3.8, 4) is 0 Å². The van der Waals surface area contributed by atoms with Crippen LogP contribution in [0.25, 0.3) is 0 Å². The van der Waals surface area contributed by atoms with Crippen LogP contribution in [0.2, 0.25) is 0 Å². The predicted octanol–water partition coefficient (Wildman–Crippen LogP) is -0.143. The zero-order valence-corrected chi connectivity index (χ0v) is 6.74. The first-order valence-corrected chi connectivity index (χ1v) is 2.79. The maximum atomic E-state index is 8.32. The van der Waals surface area contributed by atoms with Crippen molar-refractivity contribution in [2.75, 3.05) is 27.2 Å². The molecule has 0 atom stereocenters. The zero-order valence-electron chi connectivity index (χ0n) is 5.92. The largest absolute Gasteiger partial charge is 0.396 e. The summed E-state index contributed by atoms with van der Waals surface area (Å²) in [6.45, 7) is 1.12. The molecule has 0 aliphatic heterocycles. The molecule has 0 aliphatic rings. The lowest BCUT2D eigenvalue weighted by Gasteiger charge is -2.09. The van der Waals surface area contributed by atoms with Gasteiger partial charge in [-0.15, -0.1) is 12.4 Å². The number of halogens is 1. The molecule has 0 aromatic carbocycles. The van der Waals surface area contributed by atoms with E-state index < -0.39 is 0 Å². The molecule has 0 radical (unpaired) electrons. The van der Waals surface area contributed by atoms with E-state index in [0.717, 1.165) is 13.0 Å². The third-order valence-corrected chi connectivity index (χ3v) is 0.763. The van der Waals surface area contributed by atoms with Crippen molar-refractivity contribution in [2.24, 2.45) is 0 Å². The summed E-state index contributed by atoms with van der Waals surface area (Å²) in [5, 5.41) is 10.2. The minimum absolute atomic E-state index is 0. The van der Waals surface area contributed by atoms with Crippen LogP contribution >= 0.6 is 12.4 Å². The van der Waals surface area contributed by atoms with Gasteiger partial charge in [-0.3, -0.25) is 10.4 Å². The fourth-order valence-corrected chi connectivity index (χ4v) is 0.382. The summed E-state index contributed by atoms with van der Waals surface area (Å²) in [7, 11) is 3.86. The van der Waals surface area contributed by atoms with E-state index in [2.05, 4.69) is 5.43 Å². The molecule has 3 nitrogen and oxygen atoms in total. The van der Waals surface area contributed by atoms with E-state index in [0.29, 0.717) is 0 Å². The summed E-state index contributed by atoms with van der Waals surface area (Å²) in [5.41, 5.74) is 3.02. The van der Waals surface area contributed by atoms with Crippen molar-refractivity contribution in [3.05, 3.63) is 0 Å². The number of rotatable bonds is 4. The number of hydrogen-bond acceptors (Lipinski definition) is 3. The van der Waals surface area contributed by atoms with Crippen LogP contribution in [0.4, 0.5) is 0 Å². The maximum Gasteiger partial charge on any atom is 0.0443 e. The number of aliphatic hydroxyl groups excluding tert-OH is 1. The van der Waals surface area contributed by atoms with Crippen molar-refractivity contribution >= 4 is 12.4 Å². The quantitative estimate of drug-likeness (QED) is 0.437. The van der Waals surface area contributed by atoms with Crippen LogP contribution in [0.1, 0.15) is 6.42 Å². The minimum Gasteiger partial charge on any atom is -0.396 e. The zero-order chi connectivity index (χ0) is 6.41. The molecule has 9 heavy (non-hydrogen) atoms. The number of aliphatic hydroxyl groups is 1. The van der Waals surface area contributed by atoms with E-state index >= 15 is 0 Å². The monoisotopic (exact) mass is 154 g/mol. The molecule has 0 rings (SSSR count). The predicted molar refractivity (Wildman–Crippen MR) is 40.6 cm³/mol. The van der Waals surface area contributed by atoms with Gasteiger partial charge in [-0.05, 0) is 6.42 Å². The second-order valence-electron chi connectivity index (χ2n) is 1.88. The fraction of sp³-hybridized carbons (Fsp3) is 1.00. The Kier molecular flexibility index (Phi) is 10.8. The summed E-state index contributed by atoms with van der Waals surface area (Å²) in [4.78, 5) is 0. The lowest BCUT2D eigenvalue weighted by molar-refractivity contribution is 0.246. The average molecular weight is 155 g/mol. The molecule has 0 amide bonds. The summed E-state index contributed by atoms with van der Waals surface area (Å²) in [6.07, 6.45) is 0.818. The lowest BCUT2D eigenvalue weighted by atomic mass is 10.5. The van der Waals surface area contributed by atoms with Crippen molar-refractivity contribution in [2.45, 2.75) is 6.42 Å². The number of nitrogens with zero attached hydrogens (tertiary/aromatic N) is 1. The van der Waals surface area contributed by atoms with Crippen molar-refractivity contribution < 1.29 is 5.11 Å².